The van der Waals surface area contributed by atoms with E-state index < -0.39 is 0 Å². The number of nitrogens with zero attached hydrogens (tertiary/aromatic N) is 5. The number of aryl methyl sites for hydroxylation is 2. The van der Waals surface area contributed by atoms with Crippen LogP contribution < -0.4 is 4.90 Å². The summed E-state index contributed by atoms with van der Waals surface area (Å²) in [5.41, 5.74) is 10.5. The SMILES string of the molecule is CCc1cccc(CC)c1-n1nc2c(c1-c1ccc(Cl)c3[nH]ccc13)CN(c1ncc(C(C)(C)C)cn1)CC2. The molecule has 0 amide bonds. The molecule has 39 heavy (non-hydrogen) atoms. The van der Waals surface area contributed by atoms with Crippen molar-refractivity contribution in [3.8, 4) is 16.9 Å². The second-order valence-corrected chi connectivity index (χ2v) is 11.8. The van der Waals surface area contributed by atoms with Gasteiger partial charge in [0.25, 0.3) is 0 Å². The number of hydrogen-bond acceptors (Lipinski definition) is 4. The van der Waals surface area contributed by atoms with Crippen molar-refractivity contribution in [2.24, 2.45) is 0 Å². The zero-order chi connectivity index (χ0) is 27.3. The van der Waals surface area contributed by atoms with Crippen molar-refractivity contribution in [1.29, 1.82) is 0 Å². The van der Waals surface area contributed by atoms with Crippen LogP contribution in [0.15, 0.2) is 55.0 Å². The first-order valence-electron chi connectivity index (χ1n) is 13.9. The van der Waals surface area contributed by atoms with Gasteiger partial charge in [0.2, 0.25) is 5.95 Å². The summed E-state index contributed by atoms with van der Waals surface area (Å²) in [7, 11) is 0. The van der Waals surface area contributed by atoms with Crippen LogP contribution in [0.1, 0.15) is 62.6 Å². The lowest BCUT2D eigenvalue weighted by molar-refractivity contribution is 0.582. The van der Waals surface area contributed by atoms with Crippen molar-refractivity contribution in [1.82, 2.24) is 24.7 Å². The second-order valence-electron chi connectivity index (χ2n) is 11.4. The van der Waals surface area contributed by atoms with E-state index in [4.69, 9.17) is 26.7 Å². The number of aromatic nitrogens is 5. The van der Waals surface area contributed by atoms with Crippen LogP contribution in [0.4, 0.5) is 5.95 Å². The van der Waals surface area contributed by atoms with E-state index in [0.717, 1.165) is 70.2 Å². The molecule has 1 aliphatic rings. The summed E-state index contributed by atoms with van der Waals surface area (Å²) in [5.74, 6) is 0.762. The third-order valence-electron chi connectivity index (χ3n) is 7.93. The van der Waals surface area contributed by atoms with Crippen LogP contribution in [-0.4, -0.2) is 31.3 Å². The minimum atomic E-state index is 0.0159. The third kappa shape index (κ3) is 4.41. The van der Waals surface area contributed by atoms with E-state index in [-0.39, 0.29) is 5.41 Å². The Labute approximate surface area is 235 Å². The Morgan fingerprint density at radius 1 is 0.974 bits per heavy atom. The first-order valence-corrected chi connectivity index (χ1v) is 14.2. The van der Waals surface area contributed by atoms with Gasteiger partial charge in [-0.25, -0.2) is 14.6 Å². The molecule has 0 saturated carbocycles. The average molecular weight is 539 g/mol. The molecular weight excluding hydrogens is 504 g/mol. The summed E-state index contributed by atoms with van der Waals surface area (Å²) < 4.78 is 2.21. The Morgan fingerprint density at radius 2 is 1.69 bits per heavy atom. The van der Waals surface area contributed by atoms with Gasteiger partial charge in [0.1, 0.15) is 0 Å². The summed E-state index contributed by atoms with van der Waals surface area (Å²) in [6.45, 7) is 12.5. The highest BCUT2D eigenvalue weighted by atomic mass is 35.5. The first kappa shape index (κ1) is 25.6. The van der Waals surface area contributed by atoms with Crippen molar-refractivity contribution in [3.05, 3.63) is 88.0 Å². The van der Waals surface area contributed by atoms with Crippen LogP contribution in [0.3, 0.4) is 0 Å². The molecule has 4 heterocycles. The molecule has 0 bridgehead atoms. The standard InChI is InChI=1S/C32H35ClN6/c1-6-20-9-8-10-21(7-2)29(20)39-30(24-11-12-26(33)28-23(24)13-15-34-28)25-19-38(16-14-27(25)37-39)31-35-17-22(18-36-31)32(3,4)5/h8-13,15,17-18,34H,6-7,14,16,19H2,1-5H3. The number of halogens is 1. The number of anilines is 1. The van der Waals surface area contributed by atoms with E-state index in [2.05, 4.69) is 79.5 Å². The lowest BCUT2D eigenvalue weighted by Gasteiger charge is -2.28. The molecule has 6 nitrogen and oxygen atoms in total. The number of aromatic amines is 1. The Hall–Kier alpha value is -3.64. The highest BCUT2D eigenvalue weighted by Crippen LogP contribution is 2.40. The fourth-order valence-corrected chi connectivity index (χ4v) is 5.89. The van der Waals surface area contributed by atoms with Crippen molar-refractivity contribution in [3.63, 3.8) is 0 Å². The molecule has 0 aliphatic carbocycles. The maximum atomic E-state index is 6.60. The number of fused-ring (bicyclic) bond motifs is 2. The number of para-hydroxylation sites is 1. The molecule has 0 spiro atoms. The molecule has 7 heteroatoms. The maximum absolute atomic E-state index is 6.60. The Balaban J connectivity index is 1.55. The number of nitrogens with one attached hydrogen (secondary N) is 1. The molecule has 0 saturated heterocycles. The quantitative estimate of drug-likeness (QED) is 0.252. The first-order chi connectivity index (χ1) is 18.8. The third-order valence-corrected chi connectivity index (χ3v) is 8.24. The van der Waals surface area contributed by atoms with E-state index in [1.807, 2.05) is 24.7 Å². The van der Waals surface area contributed by atoms with Gasteiger partial charge in [-0.2, -0.15) is 5.10 Å². The zero-order valence-corrected chi connectivity index (χ0v) is 24.1. The van der Waals surface area contributed by atoms with Crippen LogP contribution in [0.2, 0.25) is 5.02 Å². The molecule has 6 rings (SSSR count). The number of rotatable bonds is 5. The van der Waals surface area contributed by atoms with Gasteiger partial charge in [0.15, 0.2) is 0 Å². The van der Waals surface area contributed by atoms with Crippen molar-refractivity contribution in [2.45, 2.75) is 65.8 Å². The minimum Gasteiger partial charge on any atom is -0.360 e. The average Bonchev–Trinajstić information content (AvgIpc) is 3.58. The Morgan fingerprint density at radius 3 is 2.36 bits per heavy atom. The minimum absolute atomic E-state index is 0.0159. The maximum Gasteiger partial charge on any atom is 0.225 e. The van der Waals surface area contributed by atoms with Crippen LogP contribution >= 0.6 is 11.6 Å². The Kier molecular flexibility index (Phi) is 6.46. The zero-order valence-electron chi connectivity index (χ0n) is 23.3. The fraction of sp³-hybridized carbons (Fsp3) is 0.344. The topological polar surface area (TPSA) is 62.6 Å². The summed E-state index contributed by atoms with van der Waals surface area (Å²) in [6, 6.07) is 12.9. The largest absolute Gasteiger partial charge is 0.360 e. The molecule has 3 aromatic heterocycles. The number of H-pyrrole nitrogens is 1. The molecule has 0 radical (unpaired) electrons. The lowest BCUT2D eigenvalue weighted by atomic mass is 9.89. The fourth-order valence-electron chi connectivity index (χ4n) is 5.67. The van der Waals surface area contributed by atoms with Gasteiger partial charge in [-0.1, -0.05) is 70.5 Å². The van der Waals surface area contributed by atoms with Gasteiger partial charge in [0, 0.05) is 54.6 Å². The summed E-state index contributed by atoms with van der Waals surface area (Å²) in [6.07, 6.45) is 8.60. The van der Waals surface area contributed by atoms with Crippen molar-refractivity contribution < 1.29 is 0 Å². The highest BCUT2D eigenvalue weighted by molar-refractivity contribution is 6.35. The molecular formula is C32H35ClN6. The van der Waals surface area contributed by atoms with Crippen LogP contribution in [0, 0.1) is 0 Å². The molecule has 200 valence electrons. The van der Waals surface area contributed by atoms with E-state index in [9.17, 15) is 0 Å². The van der Waals surface area contributed by atoms with Crippen molar-refractivity contribution >= 4 is 28.5 Å². The van der Waals surface area contributed by atoms with E-state index in [1.54, 1.807) is 0 Å². The lowest BCUT2D eigenvalue weighted by Crippen LogP contribution is -2.32. The normalized spacial score (nSPS) is 13.7. The van der Waals surface area contributed by atoms with E-state index >= 15 is 0 Å². The molecule has 0 unspecified atom stereocenters. The molecule has 2 aromatic carbocycles. The molecule has 0 fully saturated rings. The molecule has 1 N–H and O–H groups in total. The van der Waals surface area contributed by atoms with Gasteiger partial charge >= 0.3 is 0 Å². The van der Waals surface area contributed by atoms with Crippen molar-refractivity contribution in [2.75, 3.05) is 11.4 Å². The molecule has 5 aromatic rings. The van der Waals surface area contributed by atoms with Gasteiger partial charge in [-0.15, -0.1) is 0 Å². The Bertz CT molecular complexity index is 1630. The second kappa shape index (κ2) is 9.83. The summed E-state index contributed by atoms with van der Waals surface area (Å²) in [5, 5.41) is 7.13. The van der Waals surface area contributed by atoms with Crippen LogP contribution in [0.25, 0.3) is 27.8 Å². The van der Waals surface area contributed by atoms with Gasteiger partial charge in [-0.05, 0) is 47.1 Å². The molecule has 1 aliphatic heterocycles. The smallest absolute Gasteiger partial charge is 0.225 e. The number of hydrogen-bond donors (Lipinski definition) is 1. The van der Waals surface area contributed by atoms with E-state index in [0.29, 0.717) is 6.54 Å². The predicted octanol–water partition coefficient (Wildman–Crippen LogP) is 7.45. The summed E-state index contributed by atoms with van der Waals surface area (Å²) >= 11 is 6.60. The van der Waals surface area contributed by atoms with Crippen LogP contribution in [-0.2, 0) is 31.2 Å². The van der Waals surface area contributed by atoms with Gasteiger partial charge in [-0.3, -0.25) is 0 Å². The van der Waals surface area contributed by atoms with Gasteiger partial charge in [0.05, 0.1) is 27.6 Å². The number of benzene rings is 2. The van der Waals surface area contributed by atoms with Crippen LogP contribution in [0.5, 0.6) is 0 Å². The highest BCUT2D eigenvalue weighted by Gasteiger charge is 2.30. The monoisotopic (exact) mass is 538 g/mol. The predicted molar refractivity (Wildman–Crippen MR) is 160 cm³/mol. The molecule has 0 atom stereocenters. The summed E-state index contributed by atoms with van der Waals surface area (Å²) in [4.78, 5) is 15.2. The van der Waals surface area contributed by atoms with E-state index in [1.165, 1.54) is 22.4 Å². The van der Waals surface area contributed by atoms with Gasteiger partial charge < -0.3 is 9.88 Å².